The Morgan fingerprint density at radius 1 is 1.08 bits per heavy atom. The van der Waals surface area contributed by atoms with Gasteiger partial charge in [0.1, 0.15) is 17.4 Å². The number of ether oxygens (including phenoxy) is 1. The van der Waals surface area contributed by atoms with Gasteiger partial charge in [0.05, 0.1) is 11.7 Å². The maximum atomic E-state index is 15.1. The number of hydrogen-bond acceptors (Lipinski definition) is 5. The molecule has 0 aliphatic carbocycles. The summed E-state index contributed by atoms with van der Waals surface area (Å²) in [5.74, 6) is -6.82. The standard InChI is InChI=1S/C26H19ClF5NO5/c1-12(15-5-3-13(7-18(15)27)14-4-6-16(24(35)36)19(28)8-14)25(37,26(30,31)32)17-9-21-22(10-20(17)29)38-11-23(34)33(21)2/h3-10,12,37H,11H2,1-2H3,(H,35,36)/p-1. The average molecular weight is 555 g/mol. The van der Waals surface area contributed by atoms with Crippen molar-refractivity contribution in [2.75, 3.05) is 18.6 Å². The molecule has 1 amide bonds. The van der Waals surface area contributed by atoms with Crippen LogP contribution in [0.2, 0.25) is 5.02 Å². The summed E-state index contributed by atoms with van der Waals surface area (Å²) in [6.45, 7) is 0.580. The Hall–Kier alpha value is -3.70. The van der Waals surface area contributed by atoms with E-state index < -0.39 is 58.9 Å². The number of anilines is 1. The highest BCUT2D eigenvalue weighted by Crippen LogP contribution is 2.52. The summed E-state index contributed by atoms with van der Waals surface area (Å²) < 4.78 is 77.7. The van der Waals surface area contributed by atoms with Crippen LogP contribution in [-0.4, -0.2) is 36.8 Å². The lowest BCUT2D eigenvalue weighted by molar-refractivity contribution is -0.275. The number of carbonyl (C=O) groups excluding carboxylic acids is 2. The van der Waals surface area contributed by atoms with Gasteiger partial charge in [0, 0.05) is 35.2 Å². The van der Waals surface area contributed by atoms with Crippen LogP contribution in [0, 0.1) is 11.6 Å². The fourth-order valence-corrected chi connectivity index (χ4v) is 4.70. The summed E-state index contributed by atoms with van der Waals surface area (Å²) in [4.78, 5) is 23.9. The molecular formula is C26H18ClF5NO5-. The number of benzene rings is 3. The molecule has 1 aliphatic rings. The van der Waals surface area contributed by atoms with E-state index in [9.17, 15) is 37.4 Å². The molecule has 0 saturated heterocycles. The maximum Gasteiger partial charge on any atom is 0.422 e. The normalized spacial score (nSPS) is 15.9. The Bertz CT molecular complexity index is 1460. The second-order valence-corrected chi connectivity index (χ2v) is 9.15. The van der Waals surface area contributed by atoms with E-state index in [1.807, 2.05) is 0 Å². The second-order valence-electron chi connectivity index (χ2n) is 8.75. The average Bonchev–Trinajstić information content (AvgIpc) is 2.84. The highest BCUT2D eigenvalue weighted by atomic mass is 35.5. The van der Waals surface area contributed by atoms with Gasteiger partial charge in [-0.3, -0.25) is 4.79 Å². The highest BCUT2D eigenvalue weighted by molar-refractivity contribution is 6.31. The first-order chi connectivity index (χ1) is 17.7. The third-order valence-corrected chi connectivity index (χ3v) is 6.92. The summed E-state index contributed by atoms with van der Waals surface area (Å²) >= 11 is 6.29. The number of carboxylic acids is 1. The van der Waals surface area contributed by atoms with Gasteiger partial charge >= 0.3 is 6.18 Å². The van der Waals surface area contributed by atoms with Crippen molar-refractivity contribution in [1.29, 1.82) is 0 Å². The molecular weight excluding hydrogens is 537 g/mol. The summed E-state index contributed by atoms with van der Waals surface area (Å²) in [7, 11) is 1.28. The lowest BCUT2D eigenvalue weighted by Gasteiger charge is -2.38. The first-order valence-electron chi connectivity index (χ1n) is 11.0. The van der Waals surface area contributed by atoms with Crippen LogP contribution >= 0.6 is 11.6 Å². The number of aliphatic hydroxyl groups is 1. The van der Waals surface area contributed by atoms with Crippen molar-refractivity contribution in [3.05, 3.63) is 81.9 Å². The number of carboxylic acid groups (broad SMARTS) is 1. The molecule has 0 bridgehead atoms. The zero-order valence-corrected chi connectivity index (χ0v) is 20.5. The number of halogens is 6. The summed E-state index contributed by atoms with van der Waals surface area (Å²) in [5, 5.41) is 21.8. The van der Waals surface area contributed by atoms with Gasteiger partial charge in [0.25, 0.3) is 5.91 Å². The quantitative estimate of drug-likeness (QED) is 0.467. The lowest BCUT2D eigenvalue weighted by atomic mass is 9.77. The largest absolute Gasteiger partial charge is 0.545 e. The van der Waals surface area contributed by atoms with Crippen LogP contribution in [0.1, 0.15) is 34.3 Å². The van der Waals surface area contributed by atoms with E-state index in [0.717, 1.165) is 30.0 Å². The zero-order valence-electron chi connectivity index (χ0n) is 19.7. The predicted molar refractivity (Wildman–Crippen MR) is 125 cm³/mol. The van der Waals surface area contributed by atoms with E-state index in [1.165, 1.54) is 31.3 Å². The minimum Gasteiger partial charge on any atom is -0.545 e. The number of aromatic carboxylic acids is 1. The van der Waals surface area contributed by atoms with Crippen LogP contribution in [0.5, 0.6) is 5.75 Å². The van der Waals surface area contributed by atoms with Gasteiger partial charge in [-0.05, 0) is 41.0 Å². The number of fused-ring (bicyclic) bond motifs is 1. The minimum absolute atomic E-state index is 0.156. The molecule has 4 rings (SSSR count). The number of rotatable bonds is 5. The van der Waals surface area contributed by atoms with Crippen LogP contribution in [-0.2, 0) is 10.4 Å². The molecule has 0 fully saturated rings. The van der Waals surface area contributed by atoms with Crippen molar-refractivity contribution in [3.8, 4) is 16.9 Å². The fourth-order valence-electron chi connectivity index (χ4n) is 4.36. The second kappa shape index (κ2) is 9.55. The molecule has 38 heavy (non-hydrogen) atoms. The number of alkyl halides is 3. The van der Waals surface area contributed by atoms with Crippen LogP contribution < -0.4 is 14.7 Å². The van der Waals surface area contributed by atoms with E-state index in [1.54, 1.807) is 0 Å². The Labute approximate surface area is 217 Å². The van der Waals surface area contributed by atoms with Crippen molar-refractivity contribution in [2.45, 2.75) is 24.6 Å². The van der Waals surface area contributed by atoms with Crippen LogP contribution in [0.25, 0.3) is 11.1 Å². The molecule has 3 aromatic rings. The van der Waals surface area contributed by atoms with Gasteiger partial charge in [-0.25, -0.2) is 8.78 Å². The first kappa shape index (κ1) is 27.3. The highest BCUT2D eigenvalue weighted by Gasteiger charge is 2.60. The smallest absolute Gasteiger partial charge is 0.422 e. The molecule has 2 atom stereocenters. The third kappa shape index (κ3) is 4.45. The Balaban J connectivity index is 1.80. The number of nitrogens with zero attached hydrogens (tertiary/aromatic N) is 1. The lowest BCUT2D eigenvalue weighted by Crippen LogP contribution is -2.47. The van der Waals surface area contributed by atoms with E-state index in [4.69, 9.17) is 16.3 Å². The molecule has 1 N–H and O–H groups in total. The monoisotopic (exact) mass is 554 g/mol. The molecule has 0 spiro atoms. The van der Waals surface area contributed by atoms with Crippen LogP contribution in [0.15, 0.2) is 48.5 Å². The van der Waals surface area contributed by atoms with Gasteiger partial charge in [-0.15, -0.1) is 0 Å². The molecule has 3 aromatic carbocycles. The van der Waals surface area contributed by atoms with Gasteiger partial charge in [-0.1, -0.05) is 36.7 Å². The summed E-state index contributed by atoms with van der Waals surface area (Å²) in [6.07, 6.45) is -5.40. The van der Waals surface area contributed by atoms with E-state index >= 15 is 4.39 Å². The van der Waals surface area contributed by atoms with Crippen LogP contribution in [0.3, 0.4) is 0 Å². The topological polar surface area (TPSA) is 89.9 Å². The minimum atomic E-state index is -5.40. The Morgan fingerprint density at radius 3 is 2.29 bits per heavy atom. The Morgan fingerprint density at radius 2 is 1.71 bits per heavy atom. The SMILES string of the molecule is CC(c1ccc(-c2ccc(C(=O)[O-])c(F)c2)cc1Cl)C(O)(c1cc2c(cc1F)OCC(=O)N2C)C(F)(F)F. The number of hydrogen-bond donors (Lipinski definition) is 1. The maximum absolute atomic E-state index is 15.1. The number of amides is 1. The van der Waals surface area contributed by atoms with E-state index in [2.05, 4.69) is 0 Å². The zero-order chi connectivity index (χ0) is 28.2. The first-order valence-corrected chi connectivity index (χ1v) is 11.4. The molecule has 6 nitrogen and oxygen atoms in total. The summed E-state index contributed by atoms with van der Waals surface area (Å²) in [6, 6.07) is 8.19. The van der Waals surface area contributed by atoms with Crippen molar-refractivity contribution in [1.82, 2.24) is 0 Å². The molecule has 0 saturated carbocycles. The molecule has 0 radical (unpaired) electrons. The predicted octanol–water partition coefficient (Wildman–Crippen LogP) is 4.56. The van der Waals surface area contributed by atoms with Crippen molar-refractivity contribution in [3.63, 3.8) is 0 Å². The summed E-state index contributed by atoms with van der Waals surface area (Å²) in [5.41, 5.74) is -5.56. The Kier molecular flexibility index (Phi) is 6.87. The van der Waals surface area contributed by atoms with Crippen molar-refractivity contribution >= 4 is 29.2 Å². The van der Waals surface area contributed by atoms with Gasteiger partial charge in [-0.2, -0.15) is 13.2 Å². The van der Waals surface area contributed by atoms with Crippen LogP contribution in [0.4, 0.5) is 27.6 Å². The van der Waals surface area contributed by atoms with Gasteiger partial charge < -0.3 is 24.6 Å². The van der Waals surface area contributed by atoms with Gasteiger partial charge in [0.2, 0.25) is 0 Å². The molecule has 12 heteroatoms. The van der Waals surface area contributed by atoms with E-state index in [0.29, 0.717) is 6.07 Å². The third-order valence-electron chi connectivity index (χ3n) is 6.59. The van der Waals surface area contributed by atoms with Crippen molar-refractivity contribution in [2.24, 2.45) is 0 Å². The fraction of sp³-hybridized carbons (Fsp3) is 0.231. The molecule has 2 unspecified atom stereocenters. The van der Waals surface area contributed by atoms with Gasteiger partial charge in [0.15, 0.2) is 12.2 Å². The molecule has 0 aromatic heterocycles. The number of likely N-dealkylation sites (N-methyl/N-ethyl adjacent to an activating group) is 1. The number of carbonyl (C=O) groups is 2. The molecule has 1 aliphatic heterocycles. The van der Waals surface area contributed by atoms with Crippen molar-refractivity contribution < 1.29 is 46.5 Å². The molecule has 1 heterocycles. The molecule has 200 valence electrons. The van der Waals surface area contributed by atoms with E-state index in [-0.39, 0.29) is 33.1 Å².